The summed E-state index contributed by atoms with van der Waals surface area (Å²) in [5.41, 5.74) is 1.53. The maximum absolute atomic E-state index is 11.8. The van der Waals surface area contributed by atoms with E-state index in [2.05, 4.69) is 15.5 Å². The Morgan fingerprint density at radius 3 is 2.79 bits per heavy atom. The van der Waals surface area contributed by atoms with Crippen LogP contribution < -0.4 is 5.32 Å². The molecule has 2 atom stereocenters. The highest BCUT2D eigenvalue weighted by Gasteiger charge is 2.26. The zero-order chi connectivity index (χ0) is 14.3. The summed E-state index contributed by atoms with van der Waals surface area (Å²) in [5.74, 6) is -1.71. The third kappa shape index (κ3) is 5.34. The molecule has 19 heavy (non-hydrogen) atoms. The predicted molar refractivity (Wildman–Crippen MR) is 73.0 cm³/mol. The van der Waals surface area contributed by atoms with Crippen LogP contribution in [-0.2, 0) is 9.59 Å². The van der Waals surface area contributed by atoms with E-state index < -0.39 is 11.9 Å². The quantitative estimate of drug-likeness (QED) is 0.765. The Bertz CT molecular complexity index is 408. The lowest BCUT2D eigenvalue weighted by molar-refractivity contribution is -0.144. The third-order valence-corrected chi connectivity index (χ3v) is 3.59. The van der Waals surface area contributed by atoms with Crippen molar-refractivity contribution in [1.29, 1.82) is 0 Å². The fourth-order valence-electron chi connectivity index (χ4n) is 1.91. The first-order valence-electron chi connectivity index (χ1n) is 6.33. The van der Waals surface area contributed by atoms with Crippen molar-refractivity contribution in [2.75, 3.05) is 5.32 Å². The van der Waals surface area contributed by atoms with Gasteiger partial charge in [0.15, 0.2) is 0 Å². The number of amides is 1. The molecule has 0 unspecified atom stereocenters. The first kappa shape index (κ1) is 15.6. The van der Waals surface area contributed by atoms with Gasteiger partial charge in [-0.05, 0) is 12.3 Å². The average Bonchev–Trinajstić information content (AvgIpc) is 2.81. The number of hydrogen-bond acceptors (Lipinski definition) is 5. The Kier molecular flexibility index (Phi) is 6.41. The van der Waals surface area contributed by atoms with Crippen molar-refractivity contribution >= 4 is 28.3 Å². The largest absolute Gasteiger partial charge is 0.481 e. The fourth-order valence-corrected chi connectivity index (χ4v) is 2.37. The Morgan fingerprint density at radius 2 is 2.26 bits per heavy atom. The van der Waals surface area contributed by atoms with Gasteiger partial charge in [0.05, 0.1) is 5.92 Å². The van der Waals surface area contributed by atoms with E-state index in [-0.39, 0.29) is 18.2 Å². The number of carbonyl (C=O) groups excluding carboxylic acids is 1. The maximum atomic E-state index is 11.8. The third-order valence-electron chi connectivity index (χ3n) is 2.99. The molecule has 106 valence electrons. The molecular weight excluding hydrogens is 266 g/mol. The maximum Gasteiger partial charge on any atom is 0.306 e. The van der Waals surface area contributed by atoms with Gasteiger partial charge in [-0.2, -0.15) is 0 Å². The molecule has 0 fully saturated rings. The summed E-state index contributed by atoms with van der Waals surface area (Å²) in [6.07, 6.45) is 2.60. The summed E-state index contributed by atoms with van der Waals surface area (Å²) in [4.78, 5) is 22.9. The van der Waals surface area contributed by atoms with E-state index in [4.69, 9.17) is 0 Å². The molecule has 0 spiro atoms. The van der Waals surface area contributed by atoms with Crippen molar-refractivity contribution in [2.45, 2.75) is 39.5 Å². The first-order valence-corrected chi connectivity index (χ1v) is 7.21. The monoisotopic (exact) mass is 285 g/mol. The number of nitrogens with zero attached hydrogens (tertiary/aromatic N) is 2. The topological polar surface area (TPSA) is 92.2 Å². The predicted octanol–water partition coefficient (Wildman–Crippen LogP) is 2.39. The zero-order valence-electron chi connectivity index (χ0n) is 11.1. The van der Waals surface area contributed by atoms with Gasteiger partial charge in [-0.15, -0.1) is 10.2 Å². The van der Waals surface area contributed by atoms with Crippen LogP contribution >= 0.6 is 11.3 Å². The Morgan fingerprint density at radius 1 is 1.53 bits per heavy atom. The minimum absolute atomic E-state index is 0.181. The number of carbonyl (C=O) groups is 2. The molecule has 1 heterocycles. The van der Waals surface area contributed by atoms with Crippen molar-refractivity contribution in [2.24, 2.45) is 11.8 Å². The Hall–Kier alpha value is -1.50. The van der Waals surface area contributed by atoms with Gasteiger partial charge in [0, 0.05) is 6.42 Å². The second-order valence-electron chi connectivity index (χ2n) is 4.56. The van der Waals surface area contributed by atoms with Crippen LogP contribution in [0.3, 0.4) is 0 Å². The van der Waals surface area contributed by atoms with Crippen molar-refractivity contribution < 1.29 is 14.7 Å². The van der Waals surface area contributed by atoms with Gasteiger partial charge in [0.1, 0.15) is 5.51 Å². The number of unbranched alkanes of at least 4 members (excludes halogenated alkanes) is 1. The first-order chi connectivity index (χ1) is 9.04. The lowest BCUT2D eigenvalue weighted by Gasteiger charge is -2.19. The molecule has 0 aliphatic carbocycles. The molecule has 0 aliphatic heterocycles. The molecule has 2 N–H and O–H groups in total. The molecule has 7 heteroatoms. The number of nitrogens with one attached hydrogen (secondary N) is 1. The van der Waals surface area contributed by atoms with E-state index in [0.29, 0.717) is 11.6 Å². The molecule has 1 amide bonds. The minimum Gasteiger partial charge on any atom is -0.481 e. The Labute approximate surface area is 116 Å². The van der Waals surface area contributed by atoms with E-state index in [1.54, 1.807) is 6.92 Å². The smallest absolute Gasteiger partial charge is 0.306 e. The van der Waals surface area contributed by atoms with Gasteiger partial charge >= 0.3 is 5.97 Å². The summed E-state index contributed by atoms with van der Waals surface area (Å²) in [7, 11) is 0. The van der Waals surface area contributed by atoms with Crippen LogP contribution in [0.15, 0.2) is 5.51 Å². The second-order valence-corrected chi connectivity index (χ2v) is 5.39. The molecule has 1 aromatic heterocycles. The zero-order valence-corrected chi connectivity index (χ0v) is 11.9. The van der Waals surface area contributed by atoms with Crippen molar-refractivity contribution in [3.63, 3.8) is 0 Å². The van der Waals surface area contributed by atoms with Crippen molar-refractivity contribution in [1.82, 2.24) is 10.2 Å². The number of aromatic nitrogens is 2. The van der Waals surface area contributed by atoms with Crippen LogP contribution in [0.2, 0.25) is 0 Å². The van der Waals surface area contributed by atoms with Crippen molar-refractivity contribution in [3.05, 3.63) is 5.51 Å². The SMILES string of the molecule is CCCC[C@H](C(=O)O)[C@H](C)CC(=O)Nc1nncs1. The van der Waals surface area contributed by atoms with E-state index in [9.17, 15) is 14.7 Å². The normalized spacial score (nSPS) is 13.8. The average molecular weight is 285 g/mol. The minimum atomic E-state index is -0.829. The molecule has 0 aromatic carbocycles. The van der Waals surface area contributed by atoms with Gasteiger partial charge in [0.2, 0.25) is 11.0 Å². The number of hydrogen-bond donors (Lipinski definition) is 2. The van der Waals surface area contributed by atoms with Crippen LogP contribution in [-0.4, -0.2) is 27.2 Å². The molecule has 1 rings (SSSR count). The lowest BCUT2D eigenvalue weighted by Crippen LogP contribution is -2.26. The van der Waals surface area contributed by atoms with Gasteiger partial charge in [0.25, 0.3) is 0 Å². The van der Waals surface area contributed by atoms with E-state index in [0.717, 1.165) is 12.8 Å². The standard InChI is InChI=1S/C12H19N3O3S/c1-3-4-5-9(11(17)18)8(2)6-10(16)14-12-15-13-7-19-12/h7-9H,3-6H2,1-2H3,(H,17,18)(H,14,15,16)/t8-,9+/m1/s1. The summed E-state index contributed by atoms with van der Waals surface area (Å²) in [6, 6.07) is 0. The van der Waals surface area contributed by atoms with Gasteiger partial charge in [-0.1, -0.05) is 38.0 Å². The molecule has 0 radical (unpaired) electrons. The summed E-state index contributed by atoms with van der Waals surface area (Å²) >= 11 is 1.24. The molecule has 0 aliphatic rings. The van der Waals surface area contributed by atoms with Crippen molar-refractivity contribution in [3.8, 4) is 0 Å². The van der Waals surface area contributed by atoms with Crippen LogP contribution in [0.1, 0.15) is 39.5 Å². The number of aliphatic carboxylic acids is 1. The summed E-state index contributed by atoms with van der Waals surface area (Å²) < 4.78 is 0. The molecular formula is C12H19N3O3S. The lowest BCUT2D eigenvalue weighted by atomic mass is 9.87. The number of rotatable bonds is 8. The number of carboxylic acid groups (broad SMARTS) is 1. The highest BCUT2D eigenvalue weighted by Crippen LogP contribution is 2.22. The molecule has 0 saturated carbocycles. The van der Waals surface area contributed by atoms with Crippen LogP contribution in [0.25, 0.3) is 0 Å². The highest BCUT2D eigenvalue weighted by molar-refractivity contribution is 7.13. The van der Waals surface area contributed by atoms with E-state index in [1.165, 1.54) is 16.8 Å². The van der Waals surface area contributed by atoms with Gasteiger partial charge in [-0.25, -0.2) is 0 Å². The van der Waals surface area contributed by atoms with Crippen LogP contribution in [0, 0.1) is 11.8 Å². The Balaban J connectivity index is 2.48. The van der Waals surface area contributed by atoms with Gasteiger partial charge < -0.3 is 10.4 Å². The van der Waals surface area contributed by atoms with Crippen LogP contribution in [0.4, 0.5) is 5.13 Å². The fraction of sp³-hybridized carbons (Fsp3) is 0.667. The molecule has 0 bridgehead atoms. The summed E-state index contributed by atoms with van der Waals surface area (Å²) in [6.45, 7) is 3.82. The highest BCUT2D eigenvalue weighted by atomic mass is 32.1. The molecule has 6 nitrogen and oxygen atoms in total. The molecule has 1 aromatic rings. The van der Waals surface area contributed by atoms with E-state index >= 15 is 0 Å². The summed E-state index contributed by atoms with van der Waals surface area (Å²) in [5, 5.41) is 19.6. The molecule has 0 saturated heterocycles. The second kappa shape index (κ2) is 7.83. The van der Waals surface area contributed by atoms with E-state index in [1.807, 2.05) is 6.92 Å². The van der Waals surface area contributed by atoms with Gasteiger partial charge in [-0.3, -0.25) is 9.59 Å². The number of carboxylic acids is 1. The van der Waals surface area contributed by atoms with Crippen LogP contribution in [0.5, 0.6) is 0 Å². The number of anilines is 1.